The van der Waals surface area contributed by atoms with E-state index in [1.165, 1.54) is 12.1 Å². The maximum Gasteiger partial charge on any atom is 0.452 e. The monoisotopic (exact) mass is 243 g/mol. The summed E-state index contributed by atoms with van der Waals surface area (Å²) in [7, 11) is 0. The minimum atomic E-state index is -4.68. The lowest BCUT2D eigenvalue weighted by Crippen LogP contribution is -2.21. The summed E-state index contributed by atoms with van der Waals surface area (Å²) < 4.78 is 38.3. The molecule has 0 amide bonds. The third-order valence-corrected chi connectivity index (χ3v) is 2.22. The van der Waals surface area contributed by atoms with Crippen molar-refractivity contribution >= 4 is 0 Å². The highest BCUT2D eigenvalue weighted by atomic mass is 19.4. The van der Waals surface area contributed by atoms with E-state index in [2.05, 4.69) is 5.10 Å². The third kappa shape index (κ3) is 2.08. The van der Waals surface area contributed by atoms with Crippen LogP contribution < -0.4 is 5.69 Å². The molecule has 0 fully saturated rings. The van der Waals surface area contributed by atoms with E-state index in [1.54, 1.807) is 24.2 Å². The van der Waals surface area contributed by atoms with Gasteiger partial charge in [-0.15, -0.1) is 5.10 Å². The Morgan fingerprint density at radius 2 is 1.82 bits per heavy atom. The Kier molecular flexibility index (Phi) is 2.53. The predicted octanol–water partition coefficient (Wildman–Crippen LogP) is 1.89. The lowest BCUT2D eigenvalue weighted by atomic mass is 10.2. The number of hydrogen-bond acceptors (Lipinski definition) is 2. The smallest absolute Gasteiger partial charge is 0.246 e. The van der Waals surface area contributed by atoms with Crippen LogP contribution in [0.2, 0.25) is 0 Å². The fraction of sp³-hybridized carbons (Fsp3) is 0.200. The van der Waals surface area contributed by atoms with Gasteiger partial charge in [-0.05, 0) is 19.1 Å². The second kappa shape index (κ2) is 3.76. The Balaban J connectivity index is 2.63. The maximum absolute atomic E-state index is 12.6. The van der Waals surface area contributed by atoms with Crippen LogP contribution in [0.4, 0.5) is 13.2 Å². The standard InChI is InChI=1S/C10H8F3N3O/c1-6-2-4-7(5-3-6)16-8(10(11,12)13)14-15-9(16)17/h2-5H,1H3,(H,15,17). The van der Waals surface area contributed by atoms with Crippen molar-refractivity contribution in [2.24, 2.45) is 0 Å². The zero-order valence-electron chi connectivity index (χ0n) is 8.75. The van der Waals surface area contributed by atoms with E-state index in [4.69, 9.17) is 0 Å². The summed E-state index contributed by atoms with van der Waals surface area (Å²) in [5.41, 5.74) is 0.0988. The van der Waals surface area contributed by atoms with Gasteiger partial charge in [0.05, 0.1) is 5.69 Å². The summed E-state index contributed by atoms with van der Waals surface area (Å²) in [6.45, 7) is 1.80. The van der Waals surface area contributed by atoms with Crippen LogP contribution in [-0.2, 0) is 6.18 Å². The van der Waals surface area contributed by atoms with Crippen LogP contribution in [0.1, 0.15) is 11.4 Å². The number of aromatic amines is 1. The molecule has 0 saturated heterocycles. The van der Waals surface area contributed by atoms with Gasteiger partial charge in [0.25, 0.3) is 0 Å². The number of halogens is 3. The first kappa shape index (κ1) is 11.4. The topological polar surface area (TPSA) is 50.7 Å². The zero-order chi connectivity index (χ0) is 12.6. The highest BCUT2D eigenvalue weighted by Crippen LogP contribution is 2.27. The fourth-order valence-electron chi connectivity index (χ4n) is 1.42. The van der Waals surface area contributed by atoms with Crippen LogP contribution in [0.25, 0.3) is 5.69 Å². The Hall–Kier alpha value is -2.05. The molecule has 2 rings (SSSR count). The summed E-state index contributed by atoms with van der Waals surface area (Å²) >= 11 is 0. The molecule has 0 atom stereocenters. The van der Waals surface area contributed by atoms with Crippen molar-refractivity contribution < 1.29 is 13.2 Å². The molecule has 0 saturated carbocycles. The van der Waals surface area contributed by atoms with Crippen molar-refractivity contribution in [3.8, 4) is 5.69 Å². The number of benzene rings is 1. The Labute approximate surface area is 93.7 Å². The molecule has 0 aliphatic rings. The molecule has 0 radical (unpaired) electrons. The Morgan fingerprint density at radius 3 is 2.35 bits per heavy atom. The van der Waals surface area contributed by atoms with E-state index in [-0.39, 0.29) is 5.69 Å². The number of hydrogen-bond donors (Lipinski definition) is 1. The van der Waals surface area contributed by atoms with E-state index in [0.29, 0.717) is 4.57 Å². The van der Waals surface area contributed by atoms with Gasteiger partial charge in [-0.2, -0.15) is 13.2 Å². The van der Waals surface area contributed by atoms with Gasteiger partial charge in [-0.1, -0.05) is 17.7 Å². The second-order valence-electron chi connectivity index (χ2n) is 3.52. The van der Waals surface area contributed by atoms with Crippen molar-refractivity contribution in [1.82, 2.24) is 14.8 Å². The summed E-state index contributed by atoms with van der Waals surface area (Å²) in [5, 5.41) is 4.78. The molecule has 90 valence electrons. The van der Waals surface area contributed by atoms with Gasteiger partial charge in [-0.25, -0.2) is 14.5 Å². The first-order valence-corrected chi connectivity index (χ1v) is 4.71. The number of aromatic nitrogens is 3. The van der Waals surface area contributed by atoms with Gasteiger partial charge in [0.2, 0.25) is 5.82 Å². The van der Waals surface area contributed by atoms with Gasteiger partial charge in [0.1, 0.15) is 0 Å². The van der Waals surface area contributed by atoms with Crippen LogP contribution in [0.15, 0.2) is 29.1 Å². The fourth-order valence-corrected chi connectivity index (χ4v) is 1.42. The van der Waals surface area contributed by atoms with Gasteiger partial charge in [0.15, 0.2) is 0 Å². The minimum Gasteiger partial charge on any atom is -0.246 e. The van der Waals surface area contributed by atoms with E-state index in [1.807, 2.05) is 0 Å². The molecule has 1 heterocycles. The van der Waals surface area contributed by atoms with Crippen LogP contribution in [-0.4, -0.2) is 14.8 Å². The molecule has 1 aromatic heterocycles. The predicted molar refractivity (Wildman–Crippen MR) is 53.9 cm³/mol. The van der Waals surface area contributed by atoms with Crippen LogP contribution in [0.3, 0.4) is 0 Å². The van der Waals surface area contributed by atoms with Gasteiger partial charge in [-0.3, -0.25) is 0 Å². The number of nitrogens with one attached hydrogen (secondary N) is 1. The molecule has 0 spiro atoms. The first-order chi connectivity index (χ1) is 7.89. The molecule has 0 aliphatic carbocycles. The molecule has 1 N–H and O–H groups in total. The molecular weight excluding hydrogens is 235 g/mol. The largest absolute Gasteiger partial charge is 0.452 e. The number of alkyl halides is 3. The lowest BCUT2D eigenvalue weighted by molar-refractivity contribution is -0.146. The van der Waals surface area contributed by atoms with E-state index in [0.717, 1.165) is 5.56 Å². The first-order valence-electron chi connectivity index (χ1n) is 4.71. The SMILES string of the molecule is Cc1ccc(-n2c(C(F)(F)F)n[nH]c2=O)cc1. The van der Waals surface area contributed by atoms with Crippen molar-refractivity contribution in [3.05, 3.63) is 46.1 Å². The highest BCUT2D eigenvalue weighted by Gasteiger charge is 2.38. The summed E-state index contributed by atoms with van der Waals surface area (Å²) in [6, 6.07) is 6.10. The van der Waals surface area contributed by atoms with E-state index < -0.39 is 17.7 Å². The van der Waals surface area contributed by atoms with Crippen LogP contribution in [0, 0.1) is 6.92 Å². The normalized spacial score (nSPS) is 11.8. The lowest BCUT2D eigenvalue weighted by Gasteiger charge is -2.08. The molecule has 1 aromatic carbocycles. The molecule has 0 bridgehead atoms. The number of aryl methyl sites for hydroxylation is 1. The van der Waals surface area contributed by atoms with Crippen LogP contribution in [0.5, 0.6) is 0 Å². The minimum absolute atomic E-state index is 0.127. The Morgan fingerprint density at radius 1 is 1.24 bits per heavy atom. The molecule has 4 nitrogen and oxygen atoms in total. The number of H-pyrrole nitrogens is 1. The highest BCUT2D eigenvalue weighted by molar-refractivity contribution is 5.35. The van der Waals surface area contributed by atoms with Crippen molar-refractivity contribution in [2.75, 3.05) is 0 Å². The van der Waals surface area contributed by atoms with Crippen molar-refractivity contribution in [2.45, 2.75) is 13.1 Å². The summed E-state index contributed by atoms with van der Waals surface area (Å²) in [5.74, 6) is -1.26. The zero-order valence-corrected chi connectivity index (χ0v) is 8.75. The molecular formula is C10H8F3N3O. The molecule has 0 aliphatic heterocycles. The van der Waals surface area contributed by atoms with E-state index in [9.17, 15) is 18.0 Å². The molecule has 7 heteroatoms. The average Bonchev–Trinajstić information content (AvgIpc) is 2.61. The third-order valence-electron chi connectivity index (χ3n) is 2.22. The second-order valence-corrected chi connectivity index (χ2v) is 3.52. The van der Waals surface area contributed by atoms with Gasteiger partial charge >= 0.3 is 11.9 Å². The number of nitrogens with zero attached hydrogens (tertiary/aromatic N) is 2. The maximum atomic E-state index is 12.6. The van der Waals surface area contributed by atoms with Crippen molar-refractivity contribution in [1.29, 1.82) is 0 Å². The molecule has 0 unspecified atom stereocenters. The van der Waals surface area contributed by atoms with Gasteiger partial charge in [0, 0.05) is 0 Å². The quantitative estimate of drug-likeness (QED) is 0.831. The average molecular weight is 243 g/mol. The number of rotatable bonds is 1. The summed E-state index contributed by atoms with van der Waals surface area (Å²) in [6.07, 6.45) is -4.68. The van der Waals surface area contributed by atoms with E-state index >= 15 is 0 Å². The van der Waals surface area contributed by atoms with Gasteiger partial charge < -0.3 is 0 Å². The van der Waals surface area contributed by atoms with Crippen LogP contribution >= 0.6 is 0 Å². The molecule has 2 aromatic rings. The molecule has 17 heavy (non-hydrogen) atoms. The Bertz CT molecular complexity index is 580. The van der Waals surface area contributed by atoms with Crippen molar-refractivity contribution in [3.63, 3.8) is 0 Å². The summed E-state index contributed by atoms with van der Waals surface area (Å²) in [4.78, 5) is 11.3.